The highest BCUT2D eigenvalue weighted by atomic mass is 16.5. The number of methoxy groups -OCH3 is 2. The van der Waals surface area contributed by atoms with Crippen LogP contribution in [0.5, 0.6) is 11.5 Å². The zero-order valence-electron chi connectivity index (χ0n) is 14.4. The molecule has 1 heterocycles. The second kappa shape index (κ2) is 5.02. The maximum atomic E-state index is 11.1. The molecule has 0 spiro atoms. The third kappa shape index (κ3) is 1.72. The number of aliphatic hydroxyl groups is 1. The quantitative estimate of drug-likeness (QED) is 0.739. The number of nitrogens with zero attached hydrogens (tertiary/aromatic N) is 1. The summed E-state index contributed by atoms with van der Waals surface area (Å²) in [6.07, 6.45) is 0. The molecule has 1 atom stereocenters. The van der Waals surface area contributed by atoms with Crippen molar-refractivity contribution in [1.29, 1.82) is 0 Å². The van der Waals surface area contributed by atoms with Gasteiger partial charge >= 0.3 is 0 Å². The summed E-state index contributed by atoms with van der Waals surface area (Å²) in [5, 5.41) is 15.4. The third-order valence-corrected chi connectivity index (χ3v) is 5.10. The van der Waals surface area contributed by atoms with Crippen molar-refractivity contribution in [3.8, 4) is 11.5 Å². The lowest BCUT2D eigenvalue weighted by molar-refractivity contribution is 0.0599. The van der Waals surface area contributed by atoms with Crippen LogP contribution in [-0.4, -0.2) is 25.9 Å². The van der Waals surface area contributed by atoms with Gasteiger partial charge in [0.2, 0.25) is 0 Å². The third-order valence-electron chi connectivity index (χ3n) is 5.10. The van der Waals surface area contributed by atoms with Gasteiger partial charge in [-0.25, -0.2) is 0 Å². The fourth-order valence-electron chi connectivity index (χ4n) is 4.06. The van der Waals surface area contributed by atoms with Crippen LogP contribution in [0, 0.1) is 0 Å². The Morgan fingerprint density at radius 2 is 1.88 bits per heavy atom. The summed E-state index contributed by atoms with van der Waals surface area (Å²) in [5.41, 5.74) is 0.988. The van der Waals surface area contributed by atoms with E-state index in [2.05, 4.69) is 19.1 Å². The van der Waals surface area contributed by atoms with Gasteiger partial charge in [-0.2, -0.15) is 0 Å². The van der Waals surface area contributed by atoms with E-state index in [1.807, 2.05) is 36.1 Å². The summed E-state index contributed by atoms with van der Waals surface area (Å²) in [7, 11) is 3.31. The van der Waals surface area contributed by atoms with Gasteiger partial charge in [-0.15, -0.1) is 0 Å². The second-order valence-corrected chi connectivity index (χ2v) is 6.29. The molecule has 124 valence electrons. The Hall–Kier alpha value is -2.46. The SMILES string of the molecule is CCN1c2cc3ccc(OC)c(OC)c3c3cccc(c23)C1(C)O. The van der Waals surface area contributed by atoms with Crippen molar-refractivity contribution in [1.82, 2.24) is 0 Å². The molecule has 1 aliphatic heterocycles. The summed E-state index contributed by atoms with van der Waals surface area (Å²) in [6.45, 7) is 4.65. The lowest BCUT2D eigenvalue weighted by Crippen LogP contribution is -2.40. The number of fused-ring (bicyclic) bond motifs is 2. The Morgan fingerprint density at radius 3 is 2.54 bits per heavy atom. The van der Waals surface area contributed by atoms with Crippen LogP contribution < -0.4 is 14.4 Å². The van der Waals surface area contributed by atoms with E-state index in [4.69, 9.17) is 9.47 Å². The number of benzene rings is 3. The Morgan fingerprint density at radius 1 is 1.08 bits per heavy atom. The normalized spacial score (nSPS) is 19.3. The smallest absolute Gasteiger partial charge is 0.169 e. The topological polar surface area (TPSA) is 41.9 Å². The first-order chi connectivity index (χ1) is 11.5. The number of hydrogen-bond donors (Lipinski definition) is 1. The number of rotatable bonds is 3. The van der Waals surface area contributed by atoms with Gasteiger partial charge in [-0.3, -0.25) is 0 Å². The van der Waals surface area contributed by atoms with Crippen molar-refractivity contribution < 1.29 is 14.6 Å². The van der Waals surface area contributed by atoms with Crippen molar-refractivity contribution in [3.05, 3.63) is 42.0 Å². The molecule has 3 aromatic rings. The molecule has 0 radical (unpaired) electrons. The highest BCUT2D eigenvalue weighted by Gasteiger charge is 2.40. The lowest BCUT2D eigenvalue weighted by atomic mass is 9.95. The first kappa shape index (κ1) is 15.1. The molecule has 4 nitrogen and oxygen atoms in total. The molecule has 0 amide bonds. The predicted molar refractivity (Wildman–Crippen MR) is 97.1 cm³/mol. The monoisotopic (exact) mass is 323 g/mol. The van der Waals surface area contributed by atoms with Crippen LogP contribution in [0.4, 0.5) is 5.69 Å². The number of hydrogen-bond acceptors (Lipinski definition) is 4. The second-order valence-electron chi connectivity index (χ2n) is 6.29. The van der Waals surface area contributed by atoms with Crippen molar-refractivity contribution >= 4 is 27.2 Å². The van der Waals surface area contributed by atoms with E-state index in [1.165, 1.54) is 0 Å². The molecule has 0 aromatic heterocycles. The van der Waals surface area contributed by atoms with E-state index in [1.54, 1.807) is 14.2 Å². The largest absolute Gasteiger partial charge is 0.493 e. The molecule has 24 heavy (non-hydrogen) atoms. The Labute approximate surface area is 141 Å². The minimum atomic E-state index is -1.01. The molecule has 0 saturated heterocycles. The number of ether oxygens (including phenoxy) is 2. The Balaban J connectivity index is 2.23. The maximum absolute atomic E-state index is 11.1. The van der Waals surface area contributed by atoms with Crippen molar-refractivity contribution in [2.75, 3.05) is 25.7 Å². The predicted octanol–water partition coefficient (Wildman–Crippen LogP) is 4.02. The van der Waals surface area contributed by atoms with Crippen molar-refractivity contribution in [2.45, 2.75) is 19.6 Å². The molecule has 0 saturated carbocycles. The van der Waals surface area contributed by atoms with E-state index in [0.29, 0.717) is 5.75 Å². The molecule has 3 aromatic carbocycles. The van der Waals surface area contributed by atoms with Gasteiger partial charge < -0.3 is 19.5 Å². The molecule has 1 unspecified atom stereocenters. The Kier molecular flexibility index (Phi) is 3.15. The Bertz CT molecular complexity index is 962. The van der Waals surface area contributed by atoms with Crippen LogP contribution in [0.3, 0.4) is 0 Å². The summed E-state index contributed by atoms with van der Waals surface area (Å²) < 4.78 is 11.1. The summed E-state index contributed by atoms with van der Waals surface area (Å²) in [5.74, 6) is 1.44. The van der Waals surface area contributed by atoms with Crippen LogP contribution in [0.2, 0.25) is 0 Å². The molecule has 1 aliphatic rings. The zero-order chi connectivity index (χ0) is 17.1. The standard InChI is InChI=1S/C20H21NO3/c1-5-21-15-11-12-9-10-16(23-3)19(24-4)17(12)13-7-6-8-14(18(13)15)20(21,2)22/h6-11,22H,5H2,1-4H3. The minimum absolute atomic E-state index is 0.711. The fourth-order valence-corrected chi connectivity index (χ4v) is 4.06. The highest BCUT2D eigenvalue weighted by molar-refractivity contribution is 6.18. The van der Waals surface area contributed by atoms with E-state index in [9.17, 15) is 5.11 Å². The number of anilines is 1. The van der Waals surface area contributed by atoms with Crippen LogP contribution in [0.25, 0.3) is 21.5 Å². The van der Waals surface area contributed by atoms with Gasteiger partial charge in [0.25, 0.3) is 0 Å². The van der Waals surface area contributed by atoms with Gasteiger partial charge in [0.1, 0.15) is 0 Å². The van der Waals surface area contributed by atoms with Crippen molar-refractivity contribution in [2.24, 2.45) is 0 Å². The first-order valence-corrected chi connectivity index (χ1v) is 8.15. The average molecular weight is 323 g/mol. The molecule has 0 aliphatic carbocycles. The van der Waals surface area contributed by atoms with Crippen molar-refractivity contribution in [3.63, 3.8) is 0 Å². The molecule has 4 rings (SSSR count). The highest BCUT2D eigenvalue weighted by Crippen LogP contribution is 2.51. The molecular weight excluding hydrogens is 302 g/mol. The van der Waals surface area contributed by atoms with Crippen LogP contribution >= 0.6 is 0 Å². The van der Waals surface area contributed by atoms with Crippen LogP contribution in [0.1, 0.15) is 19.4 Å². The van der Waals surface area contributed by atoms with Crippen LogP contribution in [-0.2, 0) is 5.72 Å². The fraction of sp³-hybridized carbons (Fsp3) is 0.300. The van der Waals surface area contributed by atoms with Gasteiger partial charge in [0.15, 0.2) is 17.2 Å². The van der Waals surface area contributed by atoms with E-state index in [-0.39, 0.29) is 0 Å². The lowest BCUT2D eigenvalue weighted by Gasteiger charge is -2.32. The van der Waals surface area contributed by atoms with Gasteiger partial charge in [0.05, 0.1) is 14.2 Å². The molecule has 4 heteroatoms. The van der Waals surface area contributed by atoms with E-state index < -0.39 is 5.72 Å². The van der Waals surface area contributed by atoms with Gasteiger partial charge in [-0.1, -0.05) is 24.3 Å². The maximum Gasteiger partial charge on any atom is 0.169 e. The summed E-state index contributed by atoms with van der Waals surface area (Å²) in [6, 6.07) is 12.2. The minimum Gasteiger partial charge on any atom is -0.493 e. The molecular formula is C20H21NO3. The summed E-state index contributed by atoms with van der Waals surface area (Å²) >= 11 is 0. The molecule has 0 bridgehead atoms. The van der Waals surface area contributed by atoms with Gasteiger partial charge in [-0.05, 0) is 36.8 Å². The zero-order valence-corrected chi connectivity index (χ0v) is 14.4. The molecule has 0 fully saturated rings. The molecule has 1 N–H and O–H groups in total. The van der Waals surface area contributed by atoms with Crippen LogP contribution in [0.15, 0.2) is 36.4 Å². The van der Waals surface area contributed by atoms with E-state index >= 15 is 0 Å². The average Bonchev–Trinajstić information content (AvgIpc) is 2.81. The first-order valence-electron chi connectivity index (χ1n) is 8.15. The summed E-state index contributed by atoms with van der Waals surface area (Å²) in [4.78, 5) is 2.04. The van der Waals surface area contributed by atoms with Gasteiger partial charge in [0, 0.05) is 28.6 Å². The van der Waals surface area contributed by atoms with E-state index in [0.717, 1.165) is 45.1 Å².